The Morgan fingerprint density at radius 1 is 1.06 bits per heavy atom. The fourth-order valence-corrected chi connectivity index (χ4v) is 4.80. The highest BCUT2D eigenvalue weighted by atomic mass is 16.3. The Morgan fingerprint density at radius 3 is 2.61 bits per heavy atom. The summed E-state index contributed by atoms with van der Waals surface area (Å²) in [6.07, 6.45) is 6.73. The first kappa shape index (κ1) is 21.5. The Hall–Kier alpha value is -3.32. The van der Waals surface area contributed by atoms with Crippen molar-refractivity contribution in [2.24, 2.45) is 0 Å². The Balaban J connectivity index is 1.27. The molecule has 172 valence electrons. The molecule has 4 heterocycles. The van der Waals surface area contributed by atoms with E-state index >= 15 is 0 Å². The number of anilines is 1. The summed E-state index contributed by atoms with van der Waals surface area (Å²) in [6, 6.07) is 14.3. The Bertz CT molecular complexity index is 1100. The number of furan rings is 1. The van der Waals surface area contributed by atoms with Crippen LogP contribution in [0.1, 0.15) is 34.4 Å². The van der Waals surface area contributed by atoms with Crippen LogP contribution in [0.3, 0.4) is 0 Å². The highest BCUT2D eigenvalue weighted by Crippen LogP contribution is 2.25. The predicted octanol–water partition coefficient (Wildman–Crippen LogP) is 3.53. The van der Waals surface area contributed by atoms with Crippen molar-refractivity contribution in [2.75, 3.05) is 44.2 Å². The largest absolute Gasteiger partial charge is 0.465 e. The zero-order chi connectivity index (χ0) is 22.6. The van der Waals surface area contributed by atoms with E-state index in [2.05, 4.69) is 47.1 Å². The second-order valence-corrected chi connectivity index (χ2v) is 8.61. The lowest BCUT2D eigenvalue weighted by Crippen LogP contribution is -2.49. The fraction of sp³-hybridized carbons (Fsp3) is 0.385. The first-order valence-corrected chi connectivity index (χ1v) is 11.8. The molecule has 7 nitrogen and oxygen atoms in total. The number of para-hydroxylation sites is 1. The average molecular weight is 446 g/mol. The van der Waals surface area contributed by atoms with Crippen LogP contribution in [-0.2, 0) is 19.5 Å². The van der Waals surface area contributed by atoms with Crippen LogP contribution in [0.25, 0.3) is 6.08 Å². The van der Waals surface area contributed by atoms with Crippen LogP contribution in [0.2, 0.25) is 0 Å². The maximum absolute atomic E-state index is 13.5. The Morgan fingerprint density at radius 2 is 1.88 bits per heavy atom. The van der Waals surface area contributed by atoms with Gasteiger partial charge in [-0.3, -0.25) is 14.4 Å². The smallest absolute Gasteiger partial charge is 0.274 e. The molecular weight excluding hydrogens is 414 g/mol. The third-order valence-electron chi connectivity index (χ3n) is 6.59. The molecule has 2 aromatic heterocycles. The van der Waals surface area contributed by atoms with Gasteiger partial charge in [0.05, 0.1) is 6.26 Å². The van der Waals surface area contributed by atoms with Crippen LogP contribution < -0.4 is 4.90 Å². The van der Waals surface area contributed by atoms with Gasteiger partial charge in [0.15, 0.2) is 5.69 Å². The van der Waals surface area contributed by atoms with Crippen LogP contribution in [-0.4, -0.2) is 64.8 Å². The minimum atomic E-state index is 0.0686. The maximum Gasteiger partial charge on any atom is 0.274 e. The lowest BCUT2D eigenvalue weighted by Gasteiger charge is -2.36. The van der Waals surface area contributed by atoms with Gasteiger partial charge < -0.3 is 14.2 Å². The monoisotopic (exact) mass is 445 g/mol. The highest BCUT2D eigenvalue weighted by molar-refractivity contribution is 5.94. The van der Waals surface area contributed by atoms with Gasteiger partial charge in [0, 0.05) is 75.7 Å². The van der Waals surface area contributed by atoms with Gasteiger partial charge in [-0.05, 0) is 37.3 Å². The molecule has 2 aliphatic heterocycles. The van der Waals surface area contributed by atoms with E-state index < -0.39 is 0 Å². The highest BCUT2D eigenvalue weighted by Gasteiger charge is 2.31. The number of fused-ring (bicyclic) bond motifs is 1. The molecule has 5 rings (SSSR count). The number of carbonyl (C=O) groups excluding carboxylic acids is 1. The van der Waals surface area contributed by atoms with Gasteiger partial charge in [0.25, 0.3) is 5.91 Å². The lowest BCUT2D eigenvalue weighted by atomic mass is 10.0. The molecule has 0 spiro atoms. The van der Waals surface area contributed by atoms with Crippen LogP contribution in [0.15, 0.2) is 59.2 Å². The summed E-state index contributed by atoms with van der Waals surface area (Å²) in [7, 11) is 0. The molecule has 0 N–H and O–H groups in total. The molecule has 1 fully saturated rings. The fourth-order valence-electron chi connectivity index (χ4n) is 4.80. The summed E-state index contributed by atoms with van der Waals surface area (Å²) in [5, 5.41) is 4.77. The van der Waals surface area contributed by atoms with Crippen LogP contribution in [0.5, 0.6) is 0 Å². The number of aryl methyl sites for hydroxylation is 1. The number of hydrogen-bond donors (Lipinski definition) is 0. The van der Waals surface area contributed by atoms with E-state index in [0.29, 0.717) is 5.69 Å². The number of benzene rings is 1. The topological polar surface area (TPSA) is 57.8 Å². The molecule has 1 amide bonds. The van der Waals surface area contributed by atoms with E-state index in [1.54, 1.807) is 6.26 Å². The SMILES string of the molecule is CCn1nc(C(=O)N2CCN(c3ccccc3)CC2)c2c1CCN(C/C=C/c1ccco1)C2. The number of rotatable bonds is 6. The van der Waals surface area contributed by atoms with Gasteiger partial charge >= 0.3 is 0 Å². The molecule has 0 atom stereocenters. The molecule has 0 radical (unpaired) electrons. The van der Waals surface area contributed by atoms with Crippen molar-refractivity contribution in [3.05, 3.63) is 77.5 Å². The zero-order valence-electron chi connectivity index (χ0n) is 19.2. The predicted molar refractivity (Wildman–Crippen MR) is 129 cm³/mol. The summed E-state index contributed by atoms with van der Waals surface area (Å²) in [5.74, 6) is 0.927. The van der Waals surface area contributed by atoms with Gasteiger partial charge in [0.1, 0.15) is 5.76 Å². The molecule has 2 aliphatic rings. The van der Waals surface area contributed by atoms with Gasteiger partial charge in [-0.25, -0.2) is 0 Å². The van der Waals surface area contributed by atoms with Crippen molar-refractivity contribution < 1.29 is 9.21 Å². The van der Waals surface area contributed by atoms with E-state index in [0.717, 1.165) is 70.1 Å². The van der Waals surface area contributed by atoms with Gasteiger partial charge in [-0.15, -0.1) is 0 Å². The molecule has 0 aliphatic carbocycles. The Kier molecular flexibility index (Phi) is 6.30. The third kappa shape index (κ3) is 4.59. The van der Waals surface area contributed by atoms with E-state index in [9.17, 15) is 4.79 Å². The minimum Gasteiger partial charge on any atom is -0.465 e. The number of aromatic nitrogens is 2. The molecule has 0 unspecified atom stereocenters. The van der Waals surface area contributed by atoms with E-state index in [1.807, 2.05) is 33.9 Å². The Labute approximate surface area is 194 Å². The van der Waals surface area contributed by atoms with Crippen molar-refractivity contribution in [3.8, 4) is 0 Å². The molecule has 1 aromatic carbocycles. The average Bonchev–Trinajstić information content (AvgIpc) is 3.52. The minimum absolute atomic E-state index is 0.0686. The first-order chi connectivity index (χ1) is 16.2. The third-order valence-corrected chi connectivity index (χ3v) is 6.59. The van der Waals surface area contributed by atoms with E-state index in [-0.39, 0.29) is 5.91 Å². The summed E-state index contributed by atoms with van der Waals surface area (Å²) in [6.45, 7) is 8.54. The maximum atomic E-state index is 13.5. The van der Waals surface area contributed by atoms with Crippen molar-refractivity contribution in [1.29, 1.82) is 0 Å². The number of hydrogen-bond acceptors (Lipinski definition) is 5. The first-order valence-electron chi connectivity index (χ1n) is 11.8. The van der Waals surface area contributed by atoms with E-state index in [1.165, 1.54) is 11.4 Å². The number of nitrogens with zero attached hydrogens (tertiary/aromatic N) is 5. The van der Waals surface area contributed by atoms with Crippen molar-refractivity contribution >= 4 is 17.7 Å². The van der Waals surface area contributed by atoms with Crippen LogP contribution in [0.4, 0.5) is 5.69 Å². The number of carbonyl (C=O) groups is 1. The quantitative estimate of drug-likeness (QED) is 0.581. The number of piperazine rings is 1. The zero-order valence-corrected chi connectivity index (χ0v) is 19.2. The molecule has 1 saturated heterocycles. The number of amides is 1. The molecular formula is C26H31N5O2. The van der Waals surface area contributed by atoms with Crippen molar-refractivity contribution in [2.45, 2.75) is 26.4 Å². The standard InChI is InChI=1S/C26H31N5O2/c1-2-31-24-12-14-28(13-6-10-22-11-7-19-33-22)20-23(24)25(27-31)26(32)30-17-15-29(16-18-30)21-8-4-3-5-9-21/h3-11,19H,2,12-18,20H2,1H3/b10-6+. The molecule has 3 aromatic rings. The van der Waals surface area contributed by atoms with E-state index in [4.69, 9.17) is 9.52 Å². The summed E-state index contributed by atoms with van der Waals surface area (Å²) in [4.78, 5) is 20.2. The second-order valence-electron chi connectivity index (χ2n) is 8.61. The molecule has 0 bridgehead atoms. The molecule has 7 heteroatoms. The lowest BCUT2D eigenvalue weighted by molar-refractivity contribution is 0.0737. The van der Waals surface area contributed by atoms with Crippen molar-refractivity contribution in [1.82, 2.24) is 19.6 Å². The van der Waals surface area contributed by atoms with Crippen LogP contribution >= 0.6 is 0 Å². The molecule has 33 heavy (non-hydrogen) atoms. The summed E-state index contributed by atoms with van der Waals surface area (Å²) >= 11 is 0. The van der Waals surface area contributed by atoms with Gasteiger partial charge in [-0.1, -0.05) is 24.3 Å². The van der Waals surface area contributed by atoms with Gasteiger partial charge in [0.2, 0.25) is 0 Å². The normalized spacial score (nSPS) is 17.0. The van der Waals surface area contributed by atoms with Crippen LogP contribution in [0, 0.1) is 0 Å². The second kappa shape index (κ2) is 9.67. The molecule has 0 saturated carbocycles. The summed E-state index contributed by atoms with van der Waals surface area (Å²) in [5.41, 5.74) is 4.18. The summed E-state index contributed by atoms with van der Waals surface area (Å²) < 4.78 is 7.40. The van der Waals surface area contributed by atoms with Crippen molar-refractivity contribution in [3.63, 3.8) is 0 Å². The van der Waals surface area contributed by atoms with Gasteiger partial charge in [-0.2, -0.15) is 5.10 Å².